The fourth-order valence-corrected chi connectivity index (χ4v) is 2.16. The van der Waals surface area contributed by atoms with Crippen molar-refractivity contribution in [3.05, 3.63) is 6.33 Å². The molecule has 0 bridgehead atoms. The van der Waals surface area contributed by atoms with Crippen LogP contribution in [-0.2, 0) is 0 Å². The molecule has 0 spiro atoms. The van der Waals surface area contributed by atoms with Gasteiger partial charge in [-0.1, -0.05) is 26.7 Å². The number of nitrogens with zero attached hydrogens (tertiary/aromatic N) is 3. The van der Waals surface area contributed by atoms with Gasteiger partial charge < -0.3 is 15.4 Å². The smallest absolute Gasteiger partial charge is 0.242 e. The Balaban J connectivity index is 2.97. The highest BCUT2D eigenvalue weighted by Crippen LogP contribution is 2.29. The maximum absolute atomic E-state index is 6.18. The first-order chi connectivity index (χ1) is 9.53. The quantitative estimate of drug-likeness (QED) is 0.792. The Bertz CT molecular complexity index is 405. The average molecular weight is 280 g/mol. The summed E-state index contributed by atoms with van der Waals surface area (Å²) in [5.74, 6) is 1.91. The highest BCUT2D eigenvalue weighted by Gasteiger charge is 2.18. The number of hydrogen-bond acceptors (Lipinski definition) is 5. The standard InChI is InChI=1S/C15H28N4O/c1-6-12(7-2)9-19(8-3)14-13(16)15(18-10-17-14)20-11(4)5/h10-12H,6-9,16H2,1-5H3. The molecule has 114 valence electrons. The van der Waals surface area contributed by atoms with Crippen LogP contribution in [0.15, 0.2) is 6.33 Å². The Labute approximate surface area is 122 Å². The van der Waals surface area contributed by atoms with Crippen LogP contribution < -0.4 is 15.4 Å². The van der Waals surface area contributed by atoms with Crippen molar-refractivity contribution in [3.63, 3.8) is 0 Å². The van der Waals surface area contributed by atoms with E-state index in [1.807, 2.05) is 13.8 Å². The Morgan fingerprint density at radius 3 is 2.35 bits per heavy atom. The van der Waals surface area contributed by atoms with E-state index >= 15 is 0 Å². The van der Waals surface area contributed by atoms with Crippen LogP contribution in [0, 0.1) is 5.92 Å². The Morgan fingerprint density at radius 1 is 1.20 bits per heavy atom. The molecule has 1 rings (SSSR count). The molecule has 20 heavy (non-hydrogen) atoms. The van der Waals surface area contributed by atoms with Crippen LogP contribution in [0.1, 0.15) is 47.5 Å². The Kier molecular flexibility index (Phi) is 6.55. The molecule has 2 N–H and O–H groups in total. The third kappa shape index (κ3) is 4.25. The van der Waals surface area contributed by atoms with E-state index in [1.54, 1.807) is 0 Å². The summed E-state index contributed by atoms with van der Waals surface area (Å²) in [6.45, 7) is 12.3. The van der Waals surface area contributed by atoms with E-state index in [1.165, 1.54) is 6.33 Å². The lowest BCUT2D eigenvalue weighted by Crippen LogP contribution is -2.30. The molecule has 0 aliphatic carbocycles. The lowest BCUT2D eigenvalue weighted by molar-refractivity contribution is 0.234. The molecular weight excluding hydrogens is 252 g/mol. The molecule has 0 saturated heterocycles. The van der Waals surface area contributed by atoms with Crippen molar-refractivity contribution in [2.75, 3.05) is 23.7 Å². The van der Waals surface area contributed by atoms with Gasteiger partial charge in [0, 0.05) is 13.1 Å². The monoisotopic (exact) mass is 280 g/mol. The van der Waals surface area contributed by atoms with Gasteiger partial charge in [0.25, 0.3) is 0 Å². The number of nitrogen functional groups attached to an aromatic ring is 1. The van der Waals surface area contributed by atoms with Gasteiger partial charge in [0.2, 0.25) is 5.88 Å². The lowest BCUT2D eigenvalue weighted by atomic mass is 10.0. The molecule has 1 heterocycles. The summed E-state index contributed by atoms with van der Waals surface area (Å²) in [7, 11) is 0. The first-order valence-electron chi connectivity index (χ1n) is 7.55. The third-order valence-electron chi connectivity index (χ3n) is 3.49. The molecule has 5 nitrogen and oxygen atoms in total. The van der Waals surface area contributed by atoms with Gasteiger partial charge in [0.15, 0.2) is 5.82 Å². The van der Waals surface area contributed by atoms with Crippen molar-refractivity contribution in [2.45, 2.75) is 53.6 Å². The molecular formula is C15H28N4O. The molecule has 0 radical (unpaired) electrons. The number of hydrogen-bond donors (Lipinski definition) is 1. The molecule has 0 aromatic carbocycles. The van der Waals surface area contributed by atoms with Crippen LogP contribution >= 0.6 is 0 Å². The average Bonchev–Trinajstić information content (AvgIpc) is 2.43. The second-order valence-corrected chi connectivity index (χ2v) is 5.30. The zero-order chi connectivity index (χ0) is 15.1. The van der Waals surface area contributed by atoms with Crippen molar-refractivity contribution >= 4 is 11.5 Å². The van der Waals surface area contributed by atoms with Crippen LogP contribution in [0.25, 0.3) is 0 Å². The van der Waals surface area contributed by atoms with Crippen LogP contribution in [-0.4, -0.2) is 29.2 Å². The molecule has 1 aromatic heterocycles. The first kappa shape index (κ1) is 16.5. The molecule has 0 saturated carbocycles. The summed E-state index contributed by atoms with van der Waals surface area (Å²) < 4.78 is 5.64. The van der Waals surface area contributed by atoms with E-state index in [9.17, 15) is 0 Å². The second kappa shape index (κ2) is 7.92. The minimum absolute atomic E-state index is 0.0501. The molecule has 0 atom stereocenters. The summed E-state index contributed by atoms with van der Waals surface area (Å²) in [6, 6.07) is 0. The molecule has 0 amide bonds. The number of anilines is 2. The maximum atomic E-state index is 6.18. The van der Waals surface area contributed by atoms with Gasteiger partial charge in [-0.25, -0.2) is 4.98 Å². The summed E-state index contributed by atoms with van der Waals surface area (Å²) in [5.41, 5.74) is 6.71. The Morgan fingerprint density at radius 2 is 1.85 bits per heavy atom. The van der Waals surface area contributed by atoms with Crippen LogP contribution in [0.2, 0.25) is 0 Å². The van der Waals surface area contributed by atoms with Crippen LogP contribution in [0.5, 0.6) is 5.88 Å². The highest BCUT2D eigenvalue weighted by molar-refractivity contribution is 5.67. The largest absolute Gasteiger partial charge is 0.473 e. The van der Waals surface area contributed by atoms with Gasteiger partial charge in [-0.05, 0) is 26.7 Å². The SMILES string of the molecule is CCC(CC)CN(CC)c1ncnc(OC(C)C)c1N. The summed E-state index contributed by atoms with van der Waals surface area (Å²) in [4.78, 5) is 10.7. The van der Waals surface area contributed by atoms with Gasteiger partial charge in [0.1, 0.15) is 12.0 Å². The van der Waals surface area contributed by atoms with Crippen LogP contribution in [0.4, 0.5) is 11.5 Å². The van der Waals surface area contributed by atoms with Crippen molar-refractivity contribution in [1.29, 1.82) is 0 Å². The number of aromatic nitrogens is 2. The van der Waals surface area contributed by atoms with E-state index in [-0.39, 0.29) is 6.10 Å². The highest BCUT2D eigenvalue weighted by atomic mass is 16.5. The summed E-state index contributed by atoms with van der Waals surface area (Å²) in [6.07, 6.45) is 3.90. The van der Waals surface area contributed by atoms with Crippen molar-refractivity contribution < 1.29 is 4.74 Å². The molecule has 0 unspecified atom stereocenters. The first-order valence-corrected chi connectivity index (χ1v) is 7.55. The molecule has 0 aliphatic rings. The number of rotatable bonds is 8. The van der Waals surface area contributed by atoms with Crippen molar-refractivity contribution in [2.24, 2.45) is 5.92 Å². The minimum Gasteiger partial charge on any atom is -0.473 e. The number of ether oxygens (including phenoxy) is 1. The third-order valence-corrected chi connectivity index (χ3v) is 3.49. The fraction of sp³-hybridized carbons (Fsp3) is 0.733. The zero-order valence-electron chi connectivity index (χ0n) is 13.4. The van der Waals surface area contributed by atoms with Crippen molar-refractivity contribution in [3.8, 4) is 5.88 Å². The van der Waals surface area contributed by atoms with Gasteiger partial charge in [-0.3, -0.25) is 0 Å². The van der Waals surface area contributed by atoms with E-state index in [0.29, 0.717) is 17.5 Å². The minimum atomic E-state index is 0.0501. The predicted molar refractivity (Wildman–Crippen MR) is 84.2 cm³/mol. The van der Waals surface area contributed by atoms with Crippen molar-refractivity contribution in [1.82, 2.24) is 9.97 Å². The Hall–Kier alpha value is -1.52. The molecule has 0 fully saturated rings. The number of nitrogens with two attached hydrogens (primary N) is 1. The molecule has 0 aliphatic heterocycles. The van der Waals surface area contributed by atoms with Crippen LogP contribution in [0.3, 0.4) is 0 Å². The second-order valence-electron chi connectivity index (χ2n) is 5.30. The fourth-order valence-electron chi connectivity index (χ4n) is 2.16. The summed E-state index contributed by atoms with van der Waals surface area (Å²) in [5, 5.41) is 0. The maximum Gasteiger partial charge on any atom is 0.242 e. The van der Waals surface area contributed by atoms with E-state index in [4.69, 9.17) is 10.5 Å². The van der Waals surface area contributed by atoms with Gasteiger partial charge in [-0.2, -0.15) is 4.98 Å². The normalized spacial score (nSPS) is 11.2. The van der Waals surface area contributed by atoms with E-state index in [2.05, 4.69) is 35.6 Å². The van der Waals surface area contributed by atoms with E-state index < -0.39 is 0 Å². The van der Waals surface area contributed by atoms with Gasteiger partial charge in [0.05, 0.1) is 6.10 Å². The summed E-state index contributed by atoms with van der Waals surface area (Å²) >= 11 is 0. The lowest BCUT2D eigenvalue weighted by Gasteiger charge is -2.27. The van der Waals surface area contributed by atoms with Gasteiger partial charge >= 0.3 is 0 Å². The zero-order valence-corrected chi connectivity index (χ0v) is 13.4. The van der Waals surface area contributed by atoms with Gasteiger partial charge in [-0.15, -0.1) is 0 Å². The van der Waals surface area contributed by atoms with E-state index in [0.717, 1.165) is 31.7 Å². The topological polar surface area (TPSA) is 64.3 Å². The molecule has 1 aromatic rings. The molecule has 5 heteroatoms. The predicted octanol–water partition coefficient (Wildman–Crippen LogP) is 3.11.